The summed E-state index contributed by atoms with van der Waals surface area (Å²) in [6, 6.07) is 7.87. The number of pyridine rings is 1. The van der Waals surface area contributed by atoms with Gasteiger partial charge in [0.15, 0.2) is 0 Å². The number of nitrogen functional groups attached to an aromatic ring is 1. The Morgan fingerprint density at radius 3 is 2.57 bits per heavy atom. The molecule has 0 atom stereocenters. The lowest BCUT2D eigenvalue weighted by atomic mass is 9.96. The number of carbonyl (C=O) groups is 2. The molecule has 1 aliphatic heterocycles. The van der Waals surface area contributed by atoms with Crippen LogP contribution in [0.3, 0.4) is 0 Å². The Bertz CT molecular complexity index is 749. The van der Waals surface area contributed by atoms with E-state index in [4.69, 9.17) is 15.6 Å². The molecule has 0 fully saturated rings. The molecule has 0 radical (unpaired) electrons. The molecule has 3 rings (SSSR count). The molecule has 1 amide bonds. The first-order chi connectivity index (χ1) is 10.9. The van der Waals surface area contributed by atoms with E-state index in [-0.39, 0.29) is 12.4 Å². The Kier molecular flexibility index (Phi) is 4.64. The monoisotopic (exact) mass is 313 g/mol. The summed E-state index contributed by atoms with van der Waals surface area (Å²) in [5.74, 6) is 0.634. The van der Waals surface area contributed by atoms with Crippen LogP contribution in [-0.2, 0) is 11.3 Å². The molecule has 0 spiro atoms. The topological polar surface area (TPSA) is 96.5 Å². The summed E-state index contributed by atoms with van der Waals surface area (Å²) in [7, 11) is 1.82. The van der Waals surface area contributed by atoms with Crippen molar-refractivity contribution in [3.63, 3.8) is 0 Å². The van der Waals surface area contributed by atoms with Crippen molar-refractivity contribution in [3.05, 3.63) is 46.6 Å². The summed E-state index contributed by atoms with van der Waals surface area (Å²) in [4.78, 5) is 26.3. The molecule has 23 heavy (non-hydrogen) atoms. The molecule has 0 saturated heterocycles. The number of benzene rings is 1. The lowest BCUT2D eigenvalue weighted by Gasteiger charge is -2.11. The molecular formula is C17H19N3O3. The zero-order chi connectivity index (χ0) is 17.1. The predicted octanol–water partition coefficient (Wildman–Crippen LogP) is 2.23. The number of carbonyl (C=O) groups excluding carboxylic acids is 1. The molecule has 3 N–H and O–H groups in total. The second-order valence-electron chi connectivity index (χ2n) is 5.46. The highest BCUT2D eigenvalue weighted by molar-refractivity contribution is 5.98. The van der Waals surface area contributed by atoms with Crippen molar-refractivity contribution in [1.82, 2.24) is 9.88 Å². The second-order valence-corrected chi connectivity index (χ2v) is 5.46. The van der Waals surface area contributed by atoms with Gasteiger partial charge in [-0.25, -0.2) is 4.98 Å². The molecule has 1 aromatic carbocycles. The van der Waals surface area contributed by atoms with Crippen LogP contribution in [0.5, 0.6) is 0 Å². The molecule has 6 heteroatoms. The highest BCUT2D eigenvalue weighted by Crippen LogP contribution is 2.31. The van der Waals surface area contributed by atoms with Crippen LogP contribution < -0.4 is 5.73 Å². The van der Waals surface area contributed by atoms with Gasteiger partial charge in [-0.3, -0.25) is 9.59 Å². The maximum absolute atomic E-state index is 11.9. The number of aryl methyl sites for hydroxylation is 2. The second kappa shape index (κ2) is 6.48. The fourth-order valence-electron chi connectivity index (χ4n) is 2.92. The van der Waals surface area contributed by atoms with Gasteiger partial charge in [0.1, 0.15) is 5.82 Å². The van der Waals surface area contributed by atoms with Gasteiger partial charge in [-0.05, 0) is 48.7 Å². The molecule has 0 bridgehead atoms. The molecule has 1 aromatic heterocycles. The average Bonchev–Trinajstić information content (AvgIpc) is 2.73. The van der Waals surface area contributed by atoms with Gasteiger partial charge in [0.2, 0.25) is 0 Å². The summed E-state index contributed by atoms with van der Waals surface area (Å²) < 4.78 is 0. The number of amides is 1. The van der Waals surface area contributed by atoms with Gasteiger partial charge in [0.25, 0.3) is 12.4 Å². The van der Waals surface area contributed by atoms with Crippen molar-refractivity contribution >= 4 is 18.2 Å². The van der Waals surface area contributed by atoms with Crippen LogP contribution in [0.1, 0.15) is 27.2 Å². The molecule has 0 saturated carbocycles. The maximum Gasteiger partial charge on any atom is 0.290 e. The minimum Gasteiger partial charge on any atom is -0.483 e. The fourth-order valence-corrected chi connectivity index (χ4v) is 2.92. The van der Waals surface area contributed by atoms with Crippen LogP contribution in [0.4, 0.5) is 5.82 Å². The number of rotatable bonds is 1. The largest absolute Gasteiger partial charge is 0.483 e. The van der Waals surface area contributed by atoms with E-state index in [1.54, 1.807) is 4.90 Å². The maximum atomic E-state index is 11.9. The molecule has 2 heterocycles. The van der Waals surface area contributed by atoms with Crippen LogP contribution in [0.2, 0.25) is 0 Å². The van der Waals surface area contributed by atoms with Gasteiger partial charge in [-0.15, -0.1) is 0 Å². The Balaban J connectivity index is 0.000000595. The SMILES string of the molecule is Cc1cc(N)nc(C)c1-c1ccc2c(c1)CN(C)C2=O.O=CO. The summed E-state index contributed by atoms with van der Waals surface area (Å²) >= 11 is 0. The lowest BCUT2D eigenvalue weighted by Crippen LogP contribution is -2.17. The quantitative estimate of drug-likeness (QED) is 0.787. The van der Waals surface area contributed by atoms with Crippen molar-refractivity contribution in [1.29, 1.82) is 0 Å². The zero-order valence-corrected chi connectivity index (χ0v) is 13.3. The van der Waals surface area contributed by atoms with E-state index in [2.05, 4.69) is 11.1 Å². The third-order valence-corrected chi connectivity index (χ3v) is 3.80. The van der Waals surface area contributed by atoms with Crippen molar-refractivity contribution in [2.45, 2.75) is 20.4 Å². The van der Waals surface area contributed by atoms with Crippen molar-refractivity contribution in [2.75, 3.05) is 12.8 Å². The molecule has 1 aliphatic rings. The van der Waals surface area contributed by atoms with E-state index in [1.807, 2.05) is 39.1 Å². The van der Waals surface area contributed by atoms with Gasteiger partial charge in [0.05, 0.1) is 0 Å². The highest BCUT2D eigenvalue weighted by atomic mass is 16.3. The average molecular weight is 313 g/mol. The third kappa shape index (κ3) is 3.15. The summed E-state index contributed by atoms with van der Waals surface area (Å²) in [5.41, 5.74) is 11.9. The number of carboxylic acid groups (broad SMARTS) is 1. The first kappa shape index (κ1) is 16.5. The molecule has 0 aliphatic carbocycles. The molecule has 120 valence electrons. The highest BCUT2D eigenvalue weighted by Gasteiger charge is 2.24. The van der Waals surface area contributed by atoms with Crippen molar-refractivity contribution < 1.29 is 14.7 Å². The van der Waals surface area contributed by atoms with E-state index < -0.39 is 0 Å². The minimum atomic E-state index is -0.250. The van der Waals surface area contributed by atoms with Crippen LogP contribution in [-0.4, -0.2) is 34.4 Å². The van der Waals surface area contributed by atoms with Crippen LogP contribution in [0.15, 0.2) is 24.3 Å². The summed E-state index contributed by atoms with van der Waals surface area (Å²) in [6.45, 7) is 4.41. The van der Waals surface area contributed by atoms with Crippen molar-refractivity contribution in [3.8, 4) is 11.1 Å². The molecule has 6 nitrogen and oxygen atoms in total. The van der Waals surface area contributed by atoms with E-state index in [1.165, 1.54) is 0 Å². The van der Waals surface area contributed by atoms with Crippen LogP contribution in [0, 0.1) is 13.8 Å². The molecule has 0 unspecified atom stereocenters. The Hall–Kier alpha value is -2.89. The van der Waals surface area contributed by atoms with Crippen molar-refractivity contribution in [2.24, 2.45) is 0 Å². The number of fused-ring (bicyclic) bond motifs is 1. The number of aromatic nitrogens is 1. The Morgan fingerprint density at radius 1 is 1.30 bits per heavy atom. The van der Waals surface area contributed by atoms with Gasteiger partial charge in [-0.2, -0.15) is 0 Å². The number of anilines is 1. The minimum absolute atomic E-state index is 0.0930. The molecular weight excluding hydrogens is 294 g/mol. The van der Waals surface area contributed by atoms with E-state index >= 15 is 0 Å². The number of hydrogen-bond donors (Lipinski definition) is 2. The predicted molar refractivity (Wildman–Crippen MR) is 88.0 cm³/mol. The van der Waals surface area contributed by atoms with Gasteiger partial charge in [-0.1, -0.05) is 6.07 Å². The first-order valence-corrected chi connectivity index (χ1v) is 7.09. The normalized spacial score (nSPS) is 12.5. The number of nitrogens with zero attached hydrogens (tertiary/aromatic N) is 2. The summed E-state index contributed by atoms with van der Waals surface area (Å²) in [5, 5.41) is 6.89. The van der Waals surface area contributed by atoms with Crippen LogP contribution in [0.25, 0.3) is 11.1 Å². The third-order valence-electron chi connectivity index (χ3n) is 3.80. The van der Waals surface area contributed by atoms with E-state index in [0.717, 1.165) is 33.5 Å². The fraction of sp³-hybridized carbons (Fsp3) is 0.235. The van der Waals surface area contributed by atoms with E-state index in [9.17, 15) is 4.79 Å². The smallest absolute Gasteiger partial charge is 0.290 e. The first-order valence-electron chi connectivity index (χ1n) is 7.09. The van der Waals surface area contributed by atoms with Gasteiger partial charge < -0.3 is 15.7 Å². The Morgan fingerprint density at radius 2 is 1.96 bits per heavy atom. The standard InChI is InChI=1S/C16H17N3O.CH2O2/c1-9-6-14(17)18-10(2)15(9)11-4-5-13-12(7-11)8-19(3)16(13)20;2-1-3/h4-7H,8H2,1-3H3,(H2,17,18);1H,(H,2,3). The van der Waals surface area contributed by atoms with E-state index in [0.29, 0.717) is 12.4 Å². The Labute approximate surface area is 134 Å². The molecule has 2 aromatic rings. The number of nitrogens with two attached hydrogens (primary N) is 1. The van der Waals surface area contributed by atoms with Gasteiger partial charge >= 0.3 is 0 Å². The van der Waals surface area contributed by atoms with Gasteiger partial charge in [0, 0.05) is 30.4 Å². The zero-order valence-electron chi connectivity index (χ0n) is 13.3. The lowest BCUT2D eigenvalue weighted by molar-refractivity contribution is -0.122. The number of hydrogen-bond acceptors (Lipinski definition) is 4. The van der Waals surface area contributed by atoms with Crippen LogP contribution >= 0.6 is 0 Å². The summed E-state index contributed by atoms with van der Waals surface area (Å²) in [6.07, 6.45) is 0.